The lowest BCUT2D eigenvalue weighted by atomic mass is 9.86. The van der Waals surface area contributed by atoms with E-state index in [1.165, 1.54) is 5.56 Å². The molecule has 1 saturated heterocycles. The van der Waals surface area contributed by atoms with Crippen molar-refractivity contribution in [2.75, 3.05) is 43.9 Å². The number of likely N-dealkylation sites (N-methyl/N-ethyl adjacent to an activating group) is 1. The third kappa shape index (κ3) is 6.94. The highest BCUT2D eigenvalue weighted by Gasteiger charge is 2.19. The summed E-state index contributed by atoms with van der Waals surface area (Å²) >= 11 is 0. The number of piperazine rings is 1. The zero-order chi connectivity index (χ0) is 32.4. The number of fused-ring (bicyclic) bond motifs is 1. The maximum absolute atomic E-state index is 13.2. The number of aromatic nitrogens is 3. The Kier molecular flexibility index (Phi) is 8.60. The van der Waals surface area contributed by atoms with Crippen LogP contribution in [0.15, 0.2) is 85.3 Å². The highest BCUT2D eigenvalue weighted by atomic mass is 16.2. The van der Waals surface area contributed by atoms with E-state index in [2.05, 4.69) is 48.3 Å². The monoisotopic (exact) mass is 615 g/mol. The average Bonchev–Trinajstić information content (AvgIpc) is 3.52. The maximum atomic E-state index is 13.2. The van der Waals surface area contributed by atoms with Gasteiger partial charge in [-0.1, -0.05) is 57.2 Å². The van der Waals surface area contributed by atoms with Gasteiger partial charge in [-0.3, -0.25) is 9.59 Å². The summed E-state index contributed by atoms with van der Waals surface area (Å²) in [6.07, 6.45) is 5.94. The molecule has 0 radical (unpaired) electrons. The van der Waals surface area contributed by atoms with Crippen LogP contribution >= 0.6 is 0 Å². The largest absolute Gasteiger partial charge is 0.340 e. The summed E-state index contributed by atoms with van der Waals surface area (Å²) in [6.45, 7) is 11.8. The smallest absolute Gasteiger partial charge is 0.255 e. The van der Waals surface area contributed by atoms with Crippen molar-refractivity contribution in [2.24, 2.45) is 0 Å². The molecule has 6 rings (SSSR count). The second-order valence-corrected chi connectivity index (χ2v) is 13.1. The Labute approximate surface area is 270 Å². The standard InChI is InChI=1S/C37H41N7O2/c1-25-6-9-28(23-31(25)41-36(46)27-10-12-29(13-11-27)37(2,3)4)32-24-44-17-16-38-35(44)34(40-32)39-30-14-7-26(8-15-30)22-33(45)43-20-18-42(5)19-21-43/h6-17,23-24H,18-22H2,1-5H3,(H,39,40)(H,41,46). The fraction of sp³-hybridized carbons (Fsp3) is 0.297. The molecule has 2 amide bonds. The summed E-state index contributed by atoms with van der Waals surface area (Å²) in [6, 6.07) is 21.6. The first-order chi connectivity index (χ1) is 22.0. The normalized spacial score (nSPS) is 14.0. The minimum absolute atomic E-state index is 0.0192. The van der Waals surface area contributed by atoms with Crippen LogP contribution in [0.2, 0.25) is 0 Å². The number of benzene rings is 3. The molecular weight excluding hydrogens is 574 g/mol. The van der Waals surface area contributed by atoms with Gasteiger partial charge >= 0.3 is 0 Å². The van der Waals surface area contributed by atoms with Crippen molar-refractivity contribution in [1.29, 1.82) is 0 Å². The number of rotatable bonds is 7. The van der Waals surface area contributed by atoms with E-state index in [1.807, 2.05) is 95.3 Å². The van der Waals surface area contributed by atoms with Gasteiger partial charge in [0, 0.05) is 67.3 Å². The minimum atomic E-state index is -0.158. The number of carbonyl (C=O) groups excluding carboxylic acids is 2. The van der Waals surface area contributed by atoms with Crippen molar-refractivity contribution < 1.29 is 9.59 Å². The lowest BCUT2D eigenvalue weighted by Gasteiger charge is -2.32. The molecule has 2 N–H and O–H groups in total. The van der Waals surface area contributed by atoms with Crippen LogP contribution < -0.4 is 10.6 Å². The first-order valence-electron chi connectivity index (χ1n) is 15.7. The molecule has 1 aliphatic rings. The first-order valence-corrected chi connectivity index (χ1v) is 15.7. The Bertz CT molecular complexity index is 1860. The van der Waals surface area contributed by atoms with E-state index in [4.69, 9.17) is 4.98 Å². The molecule has 2 aromatic heterocycles. The van der Waals surface area contributed by atoms with Crippen LogP contribution in [-0.4, -0.2) is 69.2 Å². The van der Waals surface area contributed by atoms with Gasteiger partial charge in [0.05, 0.1) is 12.1 Å². The minimum Gasteiger partial charge on any atom is -0.340 e. The van der Waals surface area contributed by atoms with Gasteiger partial charge in [-0.15, -0.1) is 0 Å². The topological polar surface area (TPSA) is 94.9 Å². The summed E-state index contributed by atoms with van der Waals surface area (Å²) < 4.78 is 1.93. The van der Waals surface area contributed by atoms with Crippen LogP contribution in [0.25, 0.3) is 16.9 Å². The molecule has 9 nitrogen and oxygen atoms in total. The molecule has 5 aromatic rings. The number of carbonyl (C=O) groups is 2. The van der Waals surface area contributed by atoms with Crippen LogP contribution in [0.4, 0.5) is 17.2 Å². The van der Waals surface area contributed by atoms with Crippen molar-refractivity contribution in [2.45, 2.75) is 39.5 Å². The molecule has 9 heteroatoms. The zero-order valence-corrected chi connectivity index (χ0v) is 27.2. The number of amides is 2. The van der Waals surface area contributed by atoms with E-state index < -0.39 is 0 Å². The molecule has 0 unspecified atom stereocenters. The van der Waals surface area contributed by atoms with Gasteiger partial charge in [-0.2, -0.15) is 0 Å². The number of imidazole rings is 1. The number of nitrogens with one attached hydrogen (secondary N) is 2. The molecule has 0 aliphatic carbocycles. The Morgan fingerprint density at radius 1 is 0.913 bits per heavy atom. The van der Waals surface area contributed by atoms with Crippen molar-refractivity contribution in [1.82, 2.24) is 24.2 Å². The first kappa shape index (κ1) is 31.0. The van der Waals surface area contributed by atoms with Crippen molar-refractivity contribution in [3.05, 3.63) is 108 Å². The number of hydrogen-bond donors (Lipinski definition) is 2. The number of anilines is 3. The number of aryl methyl sites for hydroxylation is 1. The number of hydrogen-bond acceptors (Lipinski definition) is 6. The van der Waals surface area contributed by atoms with Gasteiger partial charge in [0.2, 0.25) is 5.91 Å². The molecule has 3 heterocycles. The summed E-state index contributed by atoms with van der Waals surface area (Å²) in [5.41, 5.74) is 7.59. The van der Waals surface area contributed by atoms with Crippen LogP contribution in [0.1, 0.15) is 47.8 Å². The molecule has 0 bridgehead atoms. The molecule has 46 heavy (non-hydrogen) atoms. The second-order valence-electron chi connectivity index (χ2n) is 13.1. The quantitative estimate of drug-likeness (QED) is 0.223. The Morgan fingerprint density at radius 2 is 1.63 bits per heavy atom. The number of nitrogens with zero attached hydrogens (tertiary/aromatic N) is 5. The van der Waals surface area contributed by atoms with E-state index in [1.54, 1.807) is 6.20 Å². The fourth-order valence-corrected chi connectivity index (χ4v) is 5.57. The van der Waals surface area contributed by atoms with Crippen LogP contribution in [0.3, 0.4) is 0 Å². The molecule has 0 atom stereocenters. The predicted molar refractivity (Wildman–Crippen MR) is 184 cm³/mol. The maximum Gasteiger partial charge on any atom is 0.255 e. The van der Waals surface area contributed by atoms with Crippen LogP contribution in [0, 0.1) is 6.92 Å². The van der Waals surface area contributed by atoms with Crippen molar-refractivity contribution in [3.8, 4) is 11.3 Å². The lowest BCUT2D eigenvalue weighted by Crippen LogP contribution is -2.47. The summed E-state index contributed by atoms with van der Waals surface area (Å²) in [7, 11) is 2.09. The molecule has 236 valence electrons. The SMILES string of the molecule is Cc1ccc(-c2cn3ccnc3c(Nc3ccc(CC(=O)N4CCN(C)CC4)cc3)n2)cc1NC(=O)c1ccc(C(C)(C)C)cc1. The van der Waals surface area contributed by atoms with Gasteiger partial charge in [0.15, 0.2) is 11.5 Å². The van der Waals surface area contributed by atoms with Crippen LogP contribution in [-0.2, 0) is 16.6 Å². The molecule has 1 aliphatic heterocycles. The molecule has 0 saturated carbocycles. The summed E-state index contributed by atoms with van der Waals surface area (Å²) in [5.74, 6) is 0.609. The molecular formula is C37H41N7O2. The fourth-order valence-electron chi connectivity index (χ4n) is 5.57. The lowest BCUT2D eigenvalue weighted by molar-refractivity contribution is -0.132. The van der Waals surface area contributed by atoms with Crippen LogP contribution in [0.5, 0.6) is 0 Å². The van der Waals surface area contributed by atoms with Gasteiger partial charge in [0.25, 0.3) is 5.91 Å². The predicted octanol–water partition coefficient (Wildman–Crippen LogP) is 6.31. The zero-order valence-electron chi connectivity index (χ0n) is 27.2. The molecule has 3 aromatic carbocycles. The van der Waals surface area contributed by atoms with E-state index in [0.717, 1.165) is 59.9 Å². The third-order valence-electron chi connectivity index (χ3n) is 8.60. The summed E-state index contributed by atoms with van der Waals surface area (Å²) in [5, 5.41) is 6.51. The van der Waals surface area contributed by atoms with Gasteiger partial charge in [-0.05, 0) is 66.4 Å². The average molecular weight is 616 g/mol. The third-order valence-corrected chi connectivity index (χ3v) is 8.60. The van der Waals surface area contributed by atoms with Crippen molar-refractivity contribution in [3.63, 3.8) is 0 Å². The highest BCUT2D eigenvalue weighted by Crippen LogP contribution is 2.29. The second kappa shape index (κ2) is 12.8. The van der Waals surface area contributed by atoms with E-state index in [-0.39, 0.29) is 17.2 Å². The Hall–Kier alpha value is -5.02. The van der Waals surface area contributed by atoms with Gasteiger partial charge < -0.3 is 24.8 Å². The van der Waals surface area contributed by atoms with Gasteiger partial charge in [0.1, 0.15) is 0 Å². The van der Waals surface area contributed by atoms with Gasteiger partial charge in [-0.25, -0.2) is 9.97 Å². The highest BCUT2D eigenvalue weighted by molar-refractivity contribution is 6.05. The Morgan fingerprint density at radius 3 is 2.33 bits per heavy atom. The van der Waals surface area contributed by atoms with E-state index in [0.29, 0.717) is 23.4 Å². The summed E-state index contributed by atoms with van der Waals surface area (Å²) in [4.78, 5) is 39.6. The van der Waals surface area contributed by atoms with E-state index in [9.17, 15) is 9.59 Å². The molecule has 0 spiro atoms. The van der Waals surface area contributed by atoms with Crippen molar-refractivity contribution >= 4 is 34.7 Å². The van der Waals surface area contributed by atoms with E-state index >= 15 is 0 Å². The Balaban J connectivity index is 1.19. The molecule has 1 fully saturated rings.